The third-order valence-corrected chi connectivity index (χ3v) is 5.16. The number of aromatic amines is 1. The Hall–Kier alpha value is -1.66. The van der Waals surface area contributed by atoms with E-state index in [0.29, 0.717) is 10.2 Å². The van der Waals surface area contributed by atoms with Crippen molar-refractivity contribution in [2.75, 3.05) is 6.54 Å². The van der Waals surface area contributed by atoms with Crippen LogP contribution >= 0.6 is 15.9 Å². The zero-order chi connectivity index (χ0) is 16.4. The number of piperidine rings is 1. The van der Waals surface area contributed by atoms with E-state index in [-0.39, 0.29) is 18.0 Å². The van der Waals surface area contributed by atoms with E-state index in [0.717, 1.165) is 37.1 Å². The standard InChI is InChI=1S/C17H21BrN4O/c1-11(19)13-9-5-6-10-22(13)17(23)16-14(18)15(20-21-16)12-7-3-2-4-8-12/h2-4,7-8,11,13H,5-6,9-10,19H2,1H3,(H,20,21). The third-order valence-electron chi connectivity index (χ3n) is 4.39. The van der Waals surface area contributed by atoms with Crippen LogP contribution < -0.4 is 5.73 Å². The SMILES string of the molecule is CC(N)C1CCCCN1C(=O)c1[nH]nc(-c2ccccc2)c1Br. The van der Waals surface area contributed by atoms with Gasteiger partial charge < -0.3 is 10.6 Å². The van der Waals surface area contributed by atoms with Crippen molar-refractivity contribution in [2.45, 2.75) is 38.3 Å². The maximum atomic E-state index is 12.9. The zero-order valence-electron chi connectivity index (χ0n) is 13.1. The van der Waals surface area contributed by atoms with Gasteiger partial charge in [0.1, 0.15) is 11.4 Å². The molecule has 0 aliphatic carbocycles. The fourth-order valence-corrected chi connectivity index (χ4v) is 3.73. The Morgan fingerprint density at radius 1 is 1.39 bits per heavy atom. The van der Waals surface area contributed by atoms with Crippen LogP contribution in [0, 0.1) is 0 Å². The average molecular weight is 377 g/mol. The number of hydrogen-bond donors (Lipinski definition) is 2. The first-order chi connectivity index (χ1) is 11.1. The molecule has 0 radical (unpaired) electrons. The van der Waals surface area contributed by atoms with Crippen molar-refractivity contribution >= 4 is 21.8 Å². The van der Waals surface area contributed by atoms with Crippen LogP contribution in [0.15, 0.2) is 34.8 Å². The topological polar surface area (TPSA) is 75.0 Å². The molecule has 3 N–H and O–H groups in total. The molecule has 1 amide bonds. The Morgan fingerprint density at radius 2 is 2.13 bits per heavy atom. The zero-order valence-corrected chi connectivity index (χ0v) is 14.7. The van der Waals surface area contributed by atoms with Gasteiger partial charge in [-0.1, -0.05) is 30.3 Å². The second-order valence-corrected chi connectivity index (χ2v) is 6.84. The summed E-state index contributed by atoms with van der Waals surface area (Å²) >= 11 is 3.54. The van der Waals surface area contributed by atoms with Gasteiger partial charge in [-0.05, 0) is 42.1 Å². The molecule has 0 saturated carbocycles. The molecular formula is C17H21BrN4O. The molecule has 122 valence electrons. The number of benzene rings is 1. The Bertz CT molecular complexity index is 683. The predicted octanol–water partition coefficient (Wildman–Crippen LogP) is 3.18. The van der Waals surface area contributed by atoms with Crippen molar-refractivity contribution in [1.82, 2.24) is 15.1 Å². The molecule has 0 bridgehead atoms. The number of nitrogens with one attached hydrogen (secondary N) is 1. The molecule has 5 nitrogen and oxygen atoms in total. The molecule has 1 aliphatic rings. The molecule has 23 heavy (non-hydrogen) atoms. The highest BCUT2D eigenvalue weighted by molar-refractivity contribution is 9.10. The summed E-state index contributed by atoms with van der Waals surface area (Å²) in [5.74, 6) is -0.0337. The largest absolute Gasteiger partial charge is 0.333 e. The van der Waals surface area contributed by atoms with E-state index in [1.54, 1.807) is 0 Å². The molecular weight excluding hydrogens is 356 g/mol. The van der Waals surface area contributed by atoms with E-state index >= 15 is 0 Å². The highest BCUT2D eigenvalue weighted by atomic mass is 79.9. The van der Waals surface area contributed by atoms with Gasteiger partial charge in [0, 0.05) is 24.2 Å². The lowest BCUT2D eigenvalue weighted by molar-refractivity contribution is 0.0577. The fourth-order valence-electron chi connectivity index (χ4n) is 3.16. The Labute approximate surface area is 144 Å². The van der Waals surface area contributed by atoms with Crippen molar-refractivity contribution in [2.24, 2.45) is 5.73 Å². The minimum Gasteiger partial charge on any atom is -0.333 e. The maximum absolute atomic E-state index is 12.9. The van der Waals surface area contributed by atoms with Crippen LogP contribution in [0.4, 0.5) is 0 Å². The van der Waals surface area contributed by atoms with Gasteiger partial charge in [0.05, 0.1) is 4.47 Å². The summed E-state index contributed by atoms with van der Waals surface area (Å²) < 4.78 is 0.711. The molecule has 1 aliphatic heterocycles. The second kappa shape index (κ2) is 6.84. The molecule has 2 aromatic rings. The summed E-state index contributed by atoms with van der Waals surface area (Å²) in [6, 6.07) is 9.86. The number of likely N-dealkylation sites (tertiary alicyclic amines) is 1. The van der Waals surface area contributed by atoms with Crippen LogP contribution in [0.25, 0.3) is 11.3 Å². The van der Waals surface area contributed by atoms with Gasteiger partial charge in [-0.2, -0.15) is 5.10 Å². The molecule has 0 spiro atoms. The number of carbonyl (C=O) groups is 1. The van der Waals surface area contributed by atoms with Crippen LogP contribution in [-0.4, -0.2) is 39.6 Å². The van der Waals surface area contributed by atoms with Gasteiger partial charge in [0.2, 0.25) is 0 Å². The third kappa shape index (κ3) is 3.19. The quantitative estimate of drug-likeness (QED) is 0.863. The van der Waals surface area contributed by atoms with Crippen LogP contribution in [-0.2, 0) is 0 Å². The van der Waals surface area contributed by atoms with E-state index in [1.165, 1.54) is 0 Å². The molecule has 1 aromatic carbocycles. The monoisotopic (exact) mass is 376 g/mol. The molecule has 3 rings (SSSR count). The van der Waals surface area contributed by atoms with Gasteiger partial charge in [-0.25, -0.2) is 0 Å². The number of rotatable bonds is 3. The number of halogens is 1. The number of carbonyl (C=O) groups excluding carboxylic acids is 1. The van der Waals surface area contributed by atoms with Crippen LogP contribution in [0.2, 0.25) is 0 Å². The lowest BCUT2D eigenvalue weighted by atomic mass is 9.96. The summed E-state index contributed by atoms with van der Waals surface area (Å²) in [4.78, 5) is 14.8. The average Bonchev–Trinajstić information content (AvgIpc) is 2.96. The highest BCUT2D eigenvalue weighted by Crippen LogP contribution is 2.31. The molecule has 2 heterocycles. The summed E-state index contributed by atoms with van der Waals surface area (Å²) in [5, 5.41) is 7.22. The Kier molecular flexibility index (Phi) is 4.82. The Morgan fingerprint density at radius 3 is 2.83 bits per heavy atom. The predicted molar refractivity (Wildman–Crippen MR) is 94.0 cm³/mol. The lowest BCUT2D eigenvalue weighted by Crippen LogP contribution is -2.51. The van der Waals surface area contributed by atoms with Crippen LogP contribution in [0.5, 0.6) is 0 Å². The Balaban J connectivity index is 1.90. The lowest BCUT2D eigenvalue weighted by Gasteiger charge is -2.37. The van der Waals surface area contributed by atoms with E-state index < -0.39 is 0 Å². The second-order valence-electron chi connectivity index (χ2n) is 6.05. The maximum Gasteiger partial charge on any atom is 0.273 e. The van der Waals surface area contributed by atoms with Gasteiger partial charge in [-0.3, -0.25) is 9.89 Å². The van der Waals surface area contributed by atoms with Crippen LogP contribution in [0.3, 0.4) is 0 Å². The van der Waals surface area contributed by atoms with Crippen molar-refractivity contribution < 1.29 is 4.79 Å². The van der Waals surface area contributed by atoms with E-state index in [4.69, 9.17) is 5.73 Å². The van der Waals surface area contributed by atoms with Crippen molar-refractivity contribution in [3.63, 3.8) is 0 Å². The van der Waals surface area contributed by atoms with Crippen molar-refractivity contribution in [3.8, 4) is 11.3 Å². The first-order valence-corrected chi connectivity index (χ1v) is 8.74. The first-order valence-electron chi connectivity index (χ1n) is 7.95. The molecule has 1 aromatic heterocycles. The number of aromatic nitrogens is 2. The smallest absolute Gasteiger partial charge is 0.273 e. The van der Waals surface area contributed by atoms with E-state index in [1.807, 2.05) is 42.2 Å². The van der Waals surface area contributed by atoms with Crippen LogP contribution in [0.1, 0.15) is 36.7 Å². The van der Waals surface area contributed by atoms with E-state index in [2.05, 4.69) is 26.1 Å². The molecule has 2 unspecified atom stereocenters. The molecule has 2 atom stereocenters. The summed E-state index contributed by atoms with van der Waals surface area (Å²) in [6.07, 6.45) is 3.10. The summed E-state index contributed by atoms with van der Waals surface area (Å²) in [5.41, 5.74) is 8.30. The number of H-pyrrole nitrogens is 1. The fraction of sp³-hybridized carbons (Fsp3) is 0.412. The van der Waals surface area contributed by atoms with Gasteiger partial charge in [0.15, 0.2) is 0 Å². The number of hydrogen-bond acceptors (Lipinski definition) is 3. The summed E-state index contributed by atoms with van der Waals surface area (Å²) in [7, 11) is 0. The minimum absolute atomic E-state index is 0.0328. The molecule has 1 saturated heterocycles. The van der Waals surface area contributed by atoms with Gasteiger partial charge >= 0.3 is 0 Å². The first kappa shape index (κ1) is 16.2. The normalized spacial score (nSPS) is 19.6. The molecule has 1 fully saturated rings. The number of nitrogens with zero attached hydrogens (tertiary/aromatic N) is 2. The van der Waals surface area contributed by atoms with Crippen molar-refractivity contribution in [1.29, 1.82) is 0 Å². The minimum atomic E-state index is -0.0337. The molecule has 6 heteroatoms. The van der Waals surface area contributed by atoms with Gasteiger partial charge in [0.25, 0.3) is 5.91 Å². The number of nitrogens with two attached hydrogens (primary N) is 1. The summed E-state index contributed by atoms with van der Waals surface area (Å²) in [6.45, 7) is 2.71. The highest BCUT2D eigenvalue weighted by Gasteiger charge is 2.32. The number of amides is 1. The van der Waals surface area contributed by atoms with Gasteiger partial charge in [-0.15, -0.1) is 0 Å². The van der Waals surface area contributed by atoms with Crippen molar-refractivity contribution in [3.05, 3.63) is 40.5 Å². The van der Waals surface area contributed by atoms with E-state index in [9.17, 15) is 4.79 Å².